The van der Waals surface area contributed by atoms with Crippen molar-refractivity contribution in [3.63, 3.8) is 0 Å². The first-order chi connectivity index (χ1) is 12.5. The Morgan fingerprint density at radius 1 is 1.19 bits per heavy atom. The van der Waals surface area contributed by atoms with E-state index < -0.39 is 0 Å². The van der Waals surface area contributed by atoms with Gasteiger partial charge in [-0.05, 0) is 31.4 Å². The van der Waals surface area contributed by atoms with E-state index in [1.807, 2.05) is 0 Å². The Morgan fingerprint density at radius 2 is 1.96 bits per heavy atom. The van der Waals surface area contributed by atoms with E-state index >= 15 is 0 Å². The highest BCUT2D eigenvalue weighted by Crippen LogP contribution is 2.27. The van der Waals surface area contributed by atoms with Crippen LogP contribution in [-0.4, -0.2) is 16.7 Å². The van der Waals surface area contributed by atoms with Gasteiger partial charge in [0.2, 0.25) is 0 Å². The summed E-state index contributed by atoms with van der Waals surface area (Å²) in [5, 5.41) is 6.04. The van der Waals surface area contributed by atoms with Crippen molar-refractivity contribution in [3.8, 4) is 0 Å². The average molecular weight is 372 g/mol. The molecule has 2 aromatic heterocycles. The Bertz CT molecular complexity index is 879. The molecule has 1 N–H and O–H groups in total. The lowest BCUT2D eigenvalue weighted by molar-refractivity contribution is 0.184. The number of hydrogen-bond donors (Lipinski definition) is 1. The van der Waals surface area contributed by atoms with Crippen LogP contribution in [0.25, 0.3) is 10.9 Å². The molecule has 2 heterocycles. The summed E-state index contributed by atoms with van der Waals surface area (Å²) in [5.41, 5.74) is 5.22. The third kappa shape index (κ3) is 4.00. The summed E-state index contributed by atoms with van der Waals surface area (Å²) in [6.07, 6.45) is 0. The summed E-state index contributed by atoms with van der Waals surface area (Å²) in [6, 6.07) is 8.74. The van der Waals surface area contributed by atoms with Gasteiger partial charge in [-0.2, -0.15) is 0 Å². The smallest absolute Gasteiger partial charge is 0.119 e. The zero-order valence-electron chi connectivity index (χ0n) is 16.4. The molecule has 0 bridgehead atoms. The van der Waals surface area contributed by atoms with E-state index in [1.165, 1.54) is 27.0 Å². The molecule has 140 valence electrons. The van der Waals surface area contributed by atoms with Crippen LogP contribution in [-0.2, 0) is 31.0 Å². The second-order valence-corrected chi connectivity index (χ2v) is 8.41. The standard InChI is InChI=1S/C21H29N3OS/c1-14(2)12-24-16(4)18(17-8-6-7-9-19(17)24)10-22-11-20-15(3)23-21(26-20)13-25-5/h6-9,14,22H,10-13H2,1-5H3. The molecule has 3 rings (SSSR count). The Morgan fingerprint density at radius 3 is 2.69 bits per heavy atom. The first-order valence-corrected chi connectivity index (χ1v) is 10.0. The third-order valence-electron chi connectivity index (χ3n) is 4.70. The normalized spacial score (nSPS) is 11.8. The van der Waals surface area contributed by atoms with Gasteiger partial charge in [0.15, 0.2) is 0 Å². The predicted octanol–water partition coefficient (Wildman–Crippen LogP) is 4.81. The molecule has 5 heteroatoms. The van der Waals surface area contributed by atoms with Gasteiger partial charge in [0.05, 0.1) is 12.3 Å². The highest BCUT2D eigenvalue weighted by atomic mass is 32.1. The van der Waals surface area contributed by atoms with Crippen molar-refractivity contribution in [2.45, 2.75) is 53.9 Å². The molecule has 0 unspecified atom stereocenters. The maximum absolute atomic E-state index is 5.19. The second kappa shape index (κ2) is 8.33. The molecule has 26 heavy (non-hydrogen) atoms. The van der Waals surface area contributed by atoms with Gasteiger partial charge in [-0.3, -0.25) is 0 Å². The molecule has 0 aliphatic heterocycles. The molecule has 0 saturated heterocycles. The zero-order chi connectivity index (χ0) is 18.7. The highest BCUT2D eigenvalue weighted by molar-refractivity contribution is 7.11. The van der Waals surface area contributed by atoms with Crippen LogP contribution in [0.15, 0.2) is 24.3 Å². The molecule has 0 fully saturated rings. The number of thiazole rings is 1. The fraction of sp³-hybridized carbons (Fsp3) is 0.476. The van der Waals surface area contributed by atoms with E-state index in [1.54, 1.807) is 18.4 Å². The molecule has 0 aliphatic carbocycles. The Labute approximate surface area is 160 Å². The minimum Gasteiger partial charge on any atom is -0.378 e. The van der Waals surface area contributed by atoms with Crippen molar-refractivity contribution < 1.29 is 4.74 Å². The van der Waals surface area contributed by atoms with Crippen molar-refractivity contribution in [2.24, 2.45) is 5.92 Å². The lowest BCUT2D eigenvalue weighted by Gasteiger charge is -2.11. The van der Waals surface area contributed by atoms with Crippen molar-refractivity contribution in [2.75, 3.05) is 7.11 Å². The van der Waals surface area contributed by atoms with Crippen LogP contribution in [0.1, 0.15) is 40.7 Å². The largest absolute Gasteiger partial charge is 0.378 e. The molecule has 4 nitrogen and oxygen atoms in total. The van der Waals surface area contributed by atoms with E-state index in [4.69, 9.17) is 4.74 Å². The first-order valence-electron chi connectivity index (χ1n) is 9.22. The average Bonchev–Trinajstić information content (AvgIpc) is 3.07. The van der Waals surface area contributed by atoms with Crippen molar-refractivity contribution in [1.82, 2.24) is 14.9 Å². The van der Waals surface area contributed by atoms with Crippen molar-refractivity contribution in [3.05, 3.63) is 51.1 Å². The molecular formula is C21H29N3OS. The van der Waals surface area contributed by atoms with Gasteiger partial charge in [-0.25, -0.2) is 4.98 Å². The minimum atomic E-state index is 0.591. The highest BCUT2D eigenvalue weighted by Gasteiger charge is 2.14. The molecule has 0 radical (unpaired) electrons. The van der Waals surface area contributed by atoms with Crippen LogP contribution in [0.3, 0.4) is 0 Å². The number of rotatable bonds is 8. The van der Waals surface area contributed by atoms with Gasteiger partial charge in [0, 0.05) is 48.2 Å². The summed E-state index contributed by atoms with van der Waals surface area (Å²) in [4.78, 5) is 5.87. The predicted molar refractivity (Wildman–Crippen MR) is 110 cm³/mol. The molecule has 0 atom stereocenters. The number of hydrogen-bond acceptors (Lipinski definition) is 4. The van der Waals surface area contributed by atoms with E-state index in [0.29, 0.717) is 12.5 Å². The molecule has 0 aliphatic rings. The van der Waals surface area contributed by atoms with Gasteiger partial charge in [0.25, 0.3) is 0 Å². The number of benzene rings is 1. The number of fused-ring (bicyclic) bond motifs is 1. The SMILES string of the molecule is COCc1nc(C)c(CNCc2c(C)n(CC(C)C)c3ccccc23)s1. The van der Waals surface area contributed by atoms with Crippen LogP contribution >= 0.6 is 11.3 Å². The Hall–Kier alpha value is -1.69. The fourth-order valence-corrected chi connectivity index (χ4v) is 4.48. The third-order valence-corrected chi connectivity index (χ3v) is 5.83. The minimum absolute atomic E-state index is 0.591. The molecule has 0 saturated carbocycles. The Balaban J connectivity index is 1.78. The van der Waals surface area contributed by atoms with Crippen LogP contribution < -0.4 is 5.32 Å². The van der Waals surface area contributed by atoms with E-state index in [9.17, 15) is 0 Å². The van der Waals surface area contributed by atoms with Crippen LogP contribution in [0, 0.1) is 19.8 Å². The van der Waals surface area contributed by atoms with Gasteiger partial charge >= 0.3 is 0 Å². The number of ether oxygens (including phenoxy) is 1. The maximum atomic E-state index is 5.19. The monoisotopic (exact) mass is 371 g/mol. The van der Waals surface area contributed by atoms with E-state index in [-0.39, 0.29) is 0 Å². The molecule has 0 spiro atoms. The van der Waals surface area contributed by atoms with Crippen LogP contribution in [0.5, 0.6) is 0 Å². The molecule has 0 amide bonds. The van der Waals surface area contributed by atoms with E-state index in [2.05, 4.69) is 66.8 Å². The quantitative estimate of drug-likeness (QED) is 0.618. The number of para-hydroxylation sites is 1. The van der Waals surface area contributed by atoms with Gasteiger partial charge < -0.3 is 14.6 Å². The Kier molecular flexibility index (Phi) is 6.12. The van der Waals surface area contributed by atoms with Gasteiger partial charge in [-0.1, -0.05) is 32.0 Å². The maximum Gasteiger partial charge on any atom is 0.119 e. The molecule has 1 aromatic carbocycles. The zero-order valence-corrected chi connectivity index (χ0v) is 17.2. The molecular weight excluding hydrogens is 342 g/mol. The topological polar surface area (TPSA) is 39.1 Å². The van der Waals surface area contributed by atoms with Gasteiger partial charge in [-0.15, -0.1) is 11.3 Å². The van der Waals surface area contributed by atoms with Crippen molar-refractivity contribution in [1.29, 1.82) is 0 Å². The summed E-state index contributed by atoms with van der Waals surface area (Å²) < 4.78 is 7.66. The number of methoxy groups -OCH3 is 1. The first kappa shape index (κ1) is 19.1. The number of aryl methyl sites for hydroxylation is 1. The summed E-state index contributed by atoms with van der Waals surface area (Å²) in [5.74, 6) is 0.629. The van der Waals surface area contributed by atoms with Gasteiger partial charge in [0.1, 0.15) is 5.01 Å². The summed E-state index contributed by atoms with van der Waals surface area (Å²) in [6.45, 7) is 12.2. The number of nitrogens with zero attached hydrogens (tertiary/aromatic N) is 2. The second-order valence-electron chi connectivity index (χ2n) is 7.24. The van der Waals surface area contributed by atoms with E-state index in [0.717, 1.165) is 30.3 Å². The lowest BCUT2D eigenvalue weighted by atomic mass is 10.1. The number of nitrogens with one attached hydrogen (secondary N) is 1. The van der Waals surface area contributed by atoms with Crippen LogP contribution in [0.2, 0.25) is 0 Å². The van der Waals surface area contributed by atoms with Crippen molar-refractivity contribution >= 4 is 22.2 Å². The van der Waals surface area contributed by atoms with Crippen LogP contribution in [0.4, 0.5) is 0 Å². The summed E-state index contributed by atoms with van der Waals surface area (Å²) in [7, 11) is 1.71. The lowest BCUT2D eigenvalue weighted by Crippen LogP contribution is -2.14. The summed E-state index contributed by atoms with van der Waals surface area (Å²) >= 11 is 1.74. The number of aromatic nitrogens is 2. The fourth-order valence-electron chi connectivity index (χ4n) is 3.46. The molecule has 3 aromatic rings.